The number of hydrogen-bond donors (Lipinski definition) is 1. The normalized spacial score (nSPS) is 20.9. The second-order valence-electron chi connectivity index (χ2n) is 9.92. The molecule has 0 bridgehead atoms. The fourth-order valence-corrected chi connectivity index (χ4v) is 5.91. The third-order valence-electron chi connectivity index (χ3n) is 7.75. The van der Waals surface area contributed by atoms with E-state index in [4.69, 9.17) is 10.5 Å². The molecule has 6 rings (SSSR count). The number of benzene rings is 2. The molecule has 0 amide bonds. The molecule has 2 aromatic heterocycles. The first-order valence-corrected chi connectivity index (χ1v) is 12.9. The third-order valence-corrected chi connectivity index (χ3v) is 7.75. The van der Waals surface area contributed by atoms with Crippen molar-refractivity contribution in [3.63, 3.8) is 0 Å². The molecule has 1 aliphatic carbocycles. The zero-order valence-electron chi connectivity index (χ0n) is 20.1. The predicted molar refractivity (Wildman–Crippen MR) is 140 cm³/mol. The second kappa shape index (κ2) is 9.70. The number of likely N-dealkylation sites (tertiary alicyclic amines) is 1. The summed E-state index contributed by atoms with van der Waals surface area (Å²) in [6.07, 6.45) is 11.4. The fraction of sp³-hybridized carbons (Fsp3) is 0.379. The highest BCUT2D eigenvalue weighted by atomic mass is 16.5. The van der Waals surface area contributed by atoms with E-state index in [1.807, 2.05) is 30.3 Å². The van der Waals surface area contributed by atoms with E-state index in [1.165, 1.54) is 51.6 Å². The van der Waals surface area contributed by atoms with E-state index in [0.29, 0.717) is 18.5 Å². The summed E-state index contributed by atoms with van der Waals surface area (Å²) in [6, 6.07) is 19.7. The maximum absolute atomic E-state index is 6.41. The highest BCUT2D eigenvalue weighted by molar-refractivity contribution is 6.00. The first kappa shape index (κ1) is 22.1. The molecule has 1 saturated heterocycles. The summed E-state index contributed by atoms with van der Waals surface area (Å²) in [7, 11) is 0. The summed E-state index contributed by atoms with van der Waals surface area (Å²) in [4.78, 5) is 11.7. The van der Waals surface area contributed by atoms with Crippen molar-refractivity contribution in [2.45, 2.75) is 57.2 Å². The Labute approximate surface area is 206 Å². The van der Waals surface area contributed by atoms with Gasteiger partial charge in [-0.05, 0) is 74.9 Å². The molecule has 180 valence electrons. The highest BCUT2D eigenvalue weighted by Crippen LogP contribution is 2.39. The van der Waals surface area contributed by atoms with Crippen molar-refractivity contribution in [1.82, 2.24) is 19.4 Å². The van der Waals surface area contributed by atoms with Crippen LogP contribution in [0.25, 0.3) is 22.2 Å². The van der Waals surface area contributed by atoms with Crippen LogP contribution in [0.3, 0.4) is 0 Å². The van der Waals surface area contributed by atoms with Crippen LogP contribution in [0.4, 0.5) is 5.82 Å². The zero-order valence-corrected chi connectivity index (χ0v) is 20.1. The topological polar surface area (TPSA) is 69.2 Å². The molecule has 0 spiro atoms. The van der Waals surface area contributed by atoms with Gasteiger partial charge in [0.05, 0.1) is 5.39 Å². The lowest BCUT2D eigenvalue weighted by molar-refractivity contribution is 0.167. The van der Waals surface area contributed by atoms with Gasteiger partial charge in [0.2, 0.25) is 0 Å². The van der Waals surface area contributed by atoms with Crippen LogP contribution in [0.5, 0.6) is 5.75 Å². The number of anilines is 1. The number of rotatable bonds is 6. The Morgan fingerprint density at radius 1 is 0.886 bits per heavy atom. The second-order valence-corrected chi connectivity index (χ2v) is 9.92. The Balaban J connectivity index is 1.28. The molecular formula is C29H33N5O. The first-order valence-electron chi connectivity index (χ1n) is 12.9. The van der Waals surface area contributed by atoms with Gasteiger partial charge in [0.15, 0.2) is 0 Å². The van der Waals surface area contributed by atoms with Crippen molar-refractivity contribution in [3.05, 3.63) is 72.7 Å². The Morgan fingerprint density at radius 3 is 2.46 bits per heavy atom. The molecule has 0 radical (unpaired) electrons. The lowest BCUT2D eigenvalue weighted by atomic mass is 9.90. The molecule has 2 fully saturated rings. The Kier molecular flexibility index (Phi) is 6.13. The zero-order chi connectivity index (χ0) is 23.6. The molecule has 1 saturated carbocycles. The van der Waals surface area contributed by atoms with Gasteiger partial charge >= 0.3 is 0 Å². The molecule has 0 unspecified atom stereocenters. The lowest BCUT2D eigenvalue weighted by Crippen LogP contribution is -2.36. The molecule has 6 nitrogen and oxygen atoms in total. The van der Waals surface area contributed by atoms with E-state index in [-0.39, 0.29) is 0 Å². The standard InChI is InChI=1S/C29H33N5O/c30-28-27-26(22-9-6-10-25(17-22)35-19-21-7-2-1-3-8-21)18-34(29(27)32-20-31-28)24-13-11-23(12-14-24)33-15-4-5-16-33/h1-3,6-10,17-18,20,23-24H,4-5,11-16,19H2,(H2,30,31,32)/t23-,24+. The quantitative estimate of drug-likeness (QED) is 0.386. The van der Waals surface area contributed by atoms with E-state index in [9.17, 15) is 0 Å². The summed E-state index contributed by atoms with van der Waals surface area (Å²) in [5.74, 6) is 1.37. The van der Waals surface area contributed by atoms with Crippen LogP contribution in [-0.4, -0.2) is 38.6 Å². The van der Waals surface area contributed by atoms with E-state index in [2.05, 4.69) is 49.9 Å². The summed E-state index contributed by atoms with van der Waals surface area (Å²) < 4.78 is 8.47. The van der Waals surface area contributed by atoms with Gasteiger partial charge in [0, 0.05) is 23.8 Å². The van der Waals surface area contributed by atoms with Crippen LogP contribution < -0.4 is 10.5 Å². The van der Waals surface area contributed by atoms with Crippen LogP contribution in [0, 0.1) is 0 Å². The van der Waals surface area contributed by atoms with Crippen molar-refractivity contribution in [2.75, 3.05) is 18.8 Å². The van der Waals surface area contributed by atoms with E-state index >= 15 is 0 Å². The maximum atomic E-state index is 6.41. The molecule has 2 N–H and O–H groups in total. The first-order chi connectivity index (χ1) is 17.3. The third kappa shape index (κ3) is 4.50. The van der Waals surface area contributed by atoms with Crippen molar-refractivity contribution in [2.24, 2.45) is 0 Å². The van der Waals surface area contributed by atoms with Gasteiger partial charge in [0.1, 0.15) is 30.1 Å². The minimum Gasteiger partial charge on any atom is -0.489 e. The van der Waals surface area contributed by atoms with Crippen molar-refractivity contribution in [1.29, 1.82) is 0 Å². The molecule has 2 aliphatic rings. The van der Waals surface area contributed by atoms with Crippen molar-refractivity contribution < 1.29 is 4.74 Å². The van der Waals surface area contributed by atoms with Gasteiger partial charge in [-0.1, -0.05) is 42.5 Å². The van der Waals surface area contributed by atoms with Crippen molar-refractivity contribution >= 4 is 16.9 Å². The molecule has 6 heteroatoms. The van der Waals surface area contributed by atoms with Crippen LogP contribution in [-0.2, 0) is 6.61 Å². The monoisotopic (exact) mass is 467 g/mol. The Hall–Kier alpha value is -3.38. The molecule has 3 heterocycles. The van der Waals surface area contributed by atoms with Crippen LogP contribution in [0.1, 0.15) is 50.1 Å². The largest absolute Gasteiger partial charge is 0.489 e. The van der Waals surface area contributed by atoms with Gasteiger partial charge in [-0.25, -0.2) is 9.97 Å². The van der Waals surface area contributed by atoms with Crippen LogP contribution >= 0.6 is 0 Å². The summed E-state index contributed by atoms with van der Waals surface area (Å²) in [5.41, 5.74) is 10.6. The van der Waals surface area contributed by atoms with Gasteiger partial charge in [-0.3, -0.25) is 0 Å². The molecular weight excluding hydrogens is 434 g/mol. The molecule has 0 atom stereocenters. The van der Waals surface area contributed by atoms with E-state index in [1.54, 1.807) is 6.33 Å². The Bertz CT molecular complexity index is 1290. The maximum Gasteiger partial charge on any atom is 0.146 e. The van der Waals surface area contributed by atoms with E-state index < -0.39 is 0 Å². The van der Waals surface area contributed by atoms with Crippen molar-refractivity contribution in [3.8, 4) is 16.9 Å². The number of aromatic nitrogens is 3. The number of ether oxygens (including phenoxy) is 1. The number of nitrogens with two attached hydrogens (primary N) is 1. The van der Waals surface area contributed by atoms with Crippen LogP contribution in [0.2, 0.25) is 0 Å². The molecule has 1 aliphatic heterocycles. The molecule has 35 heavy (non-hydrogen) atoms. The van der Waals surface area contributed by atoms with Crippen LogP contribution in [0.15, 0.2) is 67.1 Å². The number of nitrogens with zero attached hydrogens (tertiary/aromatic N) is 4. The van der Waals surface area contributed by atoms with Gasteiger partial charge < -0.3 is 19.9 Å². The predicted octanol–water partition coefficient (Wildman–Crippen LogP) is 5.84. The number of nitrogen functional groups attached to an aromatic ring is 1. The summed E-state index contributed by atoms with van der Waals surface area (Å²) in [5, 5.41) is 0.939. The SMILES string of the molecule is Nc1ncnc2c1c(-c1cccc(OCc3ccccc3)c1)cn2[C@H]1CC[C@@H](N2CCCC2)CC1. The minimum absolute atomic E-state index is 0.442. The highest BCUT2D eigenvalue weighted by Gasteiger charge is 2.29. The molecule has 2 aromatic carbocycles. The number of fused-ring (bicyclic) bond motifs is 1. The molecule has 4 aromatic rings. The Morgan fingerprint density at radius 2 is 1.66 bits per heavy atom. The summed E-state index contributed by atoms with van der Waals surface area (Å²) >= 11 is 0. The number of hydrogen-bond acceptors (Lipinski definition) is 5. The lowest BCUT2D eigenvalue weighted by Gasteiger charge is -2.35. The fourth-order valence-electron chi connectivity index (χ4n) is 5.91. The van der Waals surface area contributed by atoms with Gasteiger partial charge in [-0.15, -0.1) is 0 Å². The van der Waals surface area contributed by atoms with Gasteiger partial charge in [0.25, 0.3) is 0 Å². The van der Waals surface area contributed by atoms with E-state index in [0.717, 1.165) is 39.5 Å². The summed E-state index contributed by atoms with van der Waals surface area (Å²) in [6.45, 7) is 3.09. The minimum atomic E-state index is 0.442. The smallest absolute Gasteiger partial charge is 0.146 e. The average molecular weight is 468 g/mol. The van der Waals surface area contributed by atoms with Gasteiger partial charge in [-0.2, -0.15) is 0 Å². The average Bonchev–Trinajstić information content (AvgIpc) is 3.58.